The maximum atomic E-state index is 12.3. The summed E-state index contributed by atoms with van der Waals surface area (Å²) in [5.41, 5.74) is 0.699. The third kappa shape index (κ3) is 3.94. The van der Waals surface area contributed by atoms with Gasteiger partial charge in [-0.1, -0.05) is 72.4 Å². The highest BCUT2D eigenvalue weighted by molar-refractivity contribution is 7.89. The molecule has 2 nitrogen and oxygen atoms in total. The van der Waals surface area contributed by atoms with Crippen LogP contribution in [-0.2, 0) is 9.53 Å². The van der Waals surface area contributed by atoms with Crippen LogP contribution in [0.1, 0.15) is 20.3 Å². The fourth-order valence-corrected chi connectivity index (χ4v) is 108. The molecule has 0 amide bonds. The molecule has 0 spiro atoms. The van der Waals surface area contributed by atoms with Crippen LogP contribution in [0.15, 0.2) is 12.2 Å². The highest BCUT2D eigenvalue weighted by Crippen LogP contribution is 2.41. The normalized spacial score (nSPS) is 15.4. The molecular formula is C16H38O2Si4. The van der Waals surface area contributed by atoms with Gasteiger partial charge in [0.2, 0.25) is 0 Å². The van der Waals surface area contributed by atoms with Crippen molar-refractivity contribution in [2.24, 2.45) is 0 Å². The van der Waals surface area contributed by atoms with E-state index >= 15 is 0 Å². The average molecular weight is 375 g/mol. The molecular weight excluding hydrogens is 337 g/mol. The summed E-state index contributed by atoms with van der Waals surface area (Å²) >= 11 is 0. The lowest BCUT2D eigenvalue weighted by Gasteiger charge is -2.60. The van der Waals surface area contributed by atoms with Gasteiger partial charge in [0.1, 0.15) is 0 Å². The molecule has 1 atom stereocenters. The van der Waals surface area contributed by atoms with Crippen LogP contribution in [0.3, 0.4) is 0 Å². The van der Waals surface area contributed by atoms with Gasteiger partial charge in [-0.05, 0) is 13.3 Å². The van der Waals surface area contributed by atoms with Gasteiger partial charge in [-0.15, -0.1) is 0 Å². The maximum Gasteiger partial charge on any atom is 0.333 e. The second-order valence-electron chi connectivity index (χ2n) is 9.64. The molecule has 1 unspecified atom stereocenters. The van der Waals surface area contributed by atoms with E-state index in [0.29, 0.717) is 5.57 Å². The van der Waals surface area contributed by atoms with Crippen molar-refractivity contribution in [2.75, 3.05) is 0 Å². The number of hydrogen-bond donors (Lipinski definition) is 0. The average Bonchev–Trinajstić information content (AvgIpc) is 2.21. The van der Waals surface area contributed by atoms with Crippen molar-refractivity contribution >= 4 is 35.4 Å². The molecule has 0 aromatic heterocycles. The third-order valence-electron chi connectivity index (χ3n) is 5.00. The third-order valence-corrected chi connectivity index (χ3v) is 78.3. The number of carbonyl (C=O) groups excluding carboxylic acids is 1. The summed E-state index contributed by atoms with van der Waals surface area (Å²) in [4.78, 5) is 12.3. The monoisotopic (exact) mass is 374 g/mol. The molecule has 0 aromatic rings. The Morgan fingerprint density at radius 1 is 0.909 bits per heavy atom. The Morgan fingerprint density at radius 2 is 1.23 bits per heavy atom. The first-order valence-corrected chi connectivity index (χ1v) is 24.0. The second kappa shape index (κ2) is 6.91. The van der Waals surface area contributed by atoms with E-state index in [-0.39, 0.29) is 11.7 Å². The zero-order chi connectivity index (χ0) is 18.1. The first-order chi connectivity index (χ1) is 9.54. The Balaban J connectivity index is 6.38. The van der Waals surface area contributed by atoms with E-state index in [9.17, 15) is 4.79 Å². The van der Waals surface area contributed by atoms with Crippen molar-refractivity contribution in [3.8, 4) is 0 Å². The van der Waals surface area contributed by atoms with E-state index in [2.05, 4.69) is 72.4 Å². The van der Waals surface area contributed by atoms with Crippen LogP contribution in [0.25, 0.3) is 0 Å². The van der Waals surface area contributed by atoms with Crippen molar-refractivity contribution < 1.29 is 9.53 Å². The van der Waals surface area contributed by atoms with E-state index in [4.69, 9.17) is 4.74 Å². The van der Waals surface area contributed by atoms with Gasteiger partial charge >= 0.3 is 5.97 Å². The summed E-state index contributed by atoms with van der Waals surface area (Å²) in [5, 5.41) is 0. The van der Waals surface area contributed by atoms with Crippen LogP contribution in [0.4, 0.5) is 0 Å². The van der Waals surface area contributed by atoms with Crippen LogP contribution in [0.2, 0.25) is 58.9 Å². The summed E-state index contributed by atoms with van der Waals surface area (Å²) in [6.45, 7) is 28.9. The first-order valence-electron chi connectivity index (χ1n) is 8.40. The zero-order valence-electron chi connectivity index (χ0n) is 16.8. The number of esters is 1. The minimum absolute atomic E-state index is 0.168. The lowest BCUT2D eigenvalue weighted by Crippen LogP contribution is -2.88. The highest BCUT2D eigenvalue weighted by atomic mass is 29.9. The lowest BCUT2D eigenvalue weighted by molar-refractivity contribution is -0.141. The lowest BCUT2D eigenvalue weighted by atomic mass is 10.4. The number of ether oxygens (including phenoxy) is 1. The van der Waals surface area contributed by atoms with Crippen molar-refractivity contribution in [1.29, 1.82) is 0 Å². The van der Waals surface area contributed by atoms with E-state index in [1.807, 2.05) is 0 Å². The molecule has 0 bridgehead atoms. The topological polar surface area (TPSA) is 26.3 Å². The van der Waals surface area contributed by atoms with E-state index < -0.39 is 29.4 Å². The standard InChI is InChI=1S/C16H38O2Si4/c1-13-15(18-16(17)14(2)3)22(19(4,5)6,20(7,8)9)21(10,11)12/h15H,2,13H2,1,3-12H3. The van der Waals surface area contributed by atoms with E-state index in [1.165, 1.54) is 0 Å². The SMILES string of the molecule is C=C(C)C(=O)OC(CC)[Si]([Si](C)(C)C)([Si](C)(C)C)[Si](C)(C)C. The van der Waals surface area contributed by atoms with Gasteiger partial charge < -0.3 is 4.74 Å². The highest BCUT2D eigenvalue weighted by Gasteiger charge is 2.66. The predicted molar refractivity (Wildman–Crippen MR) is 111 cm³/mol. The zero-order valence-corrected chi connectivity index (χ0v) is 20.8. The van der Waals surface area contributed by atoms with Crippen LogP contribution in [0, 0.1) is 0 Å². The van der Waals surface area contributed by atoms with Gasteiger partial charge in [0.25, 0.3) is 0 Å². The van der Waals surface area contributed by atoms with Gasteiger partial charge in [0, 0.05) is 28.3 Å². The number of hydrogen-bond acceptors (Lipinski definition) is 2. The molecule has 0 heterocycles. The number of rotatable bonds is 7. The molecule has 0 saturated heterocycles. The fourth-order valence-electron chi connectivity index (χ4n) is 5.53. The Bertz CT molecular complexity index is 389. The van der Waals surface area contributed by atoms with Gasteiger partial charge in [0.15, 0.2) is 0 Å². The molecule has 6 heteroatoms. The van der Waals surface area contributed by atoms with Gasteiger partial charge in [-0.25, -0.2) is 4.79 Å². The molecule has 0 aliphatic carbocycles. The second-order valence-corrected chi connectivity index (χ2v) is 50.5. The van der Waals surface area contributed by atoms with Crippen molar-refractivity contribution in [3.63, 3.8) is 0 Å². The Labute approximate surface area is 142 Å². The van der Waals surface area contributed by atoms with Gasteiger partial charge in [-0.2, -0.15) is 0 Å². The van der Waals surface area contributed by atoms with Crippen LogP contribution < -0.4 is 0 Å². The molecule has 0 saturated carbocycles. The molecule has 22 heavy (non-hydrogen) atoms. The smallest absolute Gasteiger partial charge is 0.333 e. The van der Waals surface area contributed by atoms with Crippen LogP contribution in [0.5, 0.6) is 0 Å². The van der Waals surface area contributed by atoms with Crippen LogP contribution in [-0.4, -0.2) is 41.1 Å². The molecule has 0 aliphatic heterocycles. The van der Waals surface area contributed by atoms with E-state index in [0.717, 1.165) is 6.42 Å². The molecule has 0 fully saturated rings. The molecule has 0 aromatic carbocycles. The Morgan fingerprint density at radius 3 is 1.41 bits per heavy atom. The van der Waals surface area contributed by atoms with Crippen molar-refractivity contribution in [1.82, 2.24) is 0 Å². The minimum Gasteiger partial charge on any atom is -0.464 e. The molecule has 0 N–H and O–H groups in total. The van der Waals surface area contributed by atoms with E-state index in [1.54, 1.807) is 6.92 Å². The summed E-state index contributed by atoms with van der Waals surface area (Å²) < 4.78 is 6.13. The predicted octanol–water partition coefficient (Wildman–Crippen LogP) is 5.12. The molecule has 0 aliphatic rings. The van der Waals surface area contributed by atoms with Gasteiger partial charge in [0.05, 0.1) is 12.4 Å². The maximum absolute atomic E-state index is 12.3. The summed E-state index contributed by atoms with van der Waals surface area (Å²) in [6, 6.07) is 0. The first kappa shape index (κ1) is 22.1. The Hall–Kier alpha value is 0.0775. The molecule has 0 radical (unpaired) electrons. The van der Waals surface area contributed by atoms with Crippen LogP contribution >= 0.6 is 0 Å². The quantitative estimate of drug-likeness (QED) is 0.351. The number of carbonyl (C=O) groups is 1. The summed E-state index contributed by atoms with van der Waals surface area (Å²) in [5.74, 6) is -0.182. The van der Waals surface area contributed by atoms with Crippen molar-refractivity contribution in [3.05, 3.63) is 12.2 Å². The molecule has 0 rings (SSSR count). The van der Waals surface area contributed by atoms with Gasteiger partial charge in [-0.3, -0.25) is 0 Å². The fraction of sp³-hybridized carbons (Fsp3) is 0.812. The molecule has 130 valence electrons. The minimum atomic E-state index is -1.71. The van der Waals surface area contributed by atoms with Crippen molar-refractivity contribution in [2.45, 2.75) is 84.9 Å². The summed E-state index contributed by atoms with van der Waals surface area (Å²) in [7, 11) is -4.31. The summed E-state index contributed by atoms with van der Waals surface area (Å²) in [6.07, 6.45) is 0.962. The largest absolute Gasteiger partial charge is 0.464 e. The Kier molecular flexibility index (Phi) is 6.93.